The molecule has 2 aliphatic rings. The number of piperidine rings is 1. The second-order valence-electron chi connectivity index (χ2n) is 11.7. The SMILES string of the molecule is CCN(CC)C(=O)c1cc(S(=O)(=O)Cc2ccccc2)c(C2CCN(c3ccccc3)CC2)cc1NCCN1CCCC1. The quantitative estimate of drug-likeness (QED) is 0.273. The van der Waals surface area contributed by atoms with Crippen LogP contribution in [0.4, 0.5) is 11.4 Å². The van der Waals surface area contributed by atoms with Crippen molar-refractivity contribution in [2.45, 2.75) is 56.1 Å². The molecule has 1 N–H and O–H groups in total. The Morgan fingerprint density at radius 3 is 2.14 bits per heavy atom. The van der Waals surface area contributed by atoms with Gasteiger partial charge in [-0.05, 0) is 93.9 Å². The first-order chi connectivity index (χ1) is 20.9. The van der Waals surface area contributed by atoms with Crippen LogP contribution in [0.3, 0.4) is 0 Å². The molecule has 3 aromatic rings. The van der Waals surface area contributed by atoms with Crippen molar-refractivity contribution in [1.29, 1.82) is 0 Å². The molecule has 0 unspecified atom stereocenters. The highest BCUT2D eigenvalue weighted by atomic mass is 32.2. The van der Waals surface area contributed by atoms with Gasteiger partial charge in [0.1, 0.15) is 0 Å². The predicted octanol–water partition coefficient (Wildman–Crippen LogP) is 6.03. The molecular formula is C35H46N4O3S. The molecule has 8 heteroatoms. The van der Waals surface area contributed by atoms with Crippen LogP contribution in [-0.2, 0) is 15.6 Å². The summed E-state index contributed by atoms with van der Waals surface area (Å²) in [6.07, 6.45) is 4.15. The fourth-order valence-corrected chi connectivity index (χ4v) is 8.17. The van der Waals surface area contributed by atoms with Crippen molar-refractivity contribution in [2.24, 2.45) is 0 Å². The van der Waals surface area contributed by atoms with Gasteiger partial charge in [-0.1, -0.05) is 48.5 Å². The maximum Gasteiger partial charge on any atom is 0.255 e. The lowest BCUT2D eigenvalue weighted by atomic mass is 9.88. The van der Waals surface area contributed by atoms with Gasteiger partial charge in [-0.3, -0.25) is 4.79 Å². The van der Waals surface area contributed by atoms with Crippen molar-refractivity contribution < 1.29 is 13.2 Å². The summed E-state index contributed by atoms with van der Waals surface area (Å²) in [4.78, 5) is 20.7. The fourth-order valence-electron chi connectivity index (χ4n) is 6.50. The van der Waals surface area contributed by atoms with Crippen LogP contribution >= 0.6 is 0 Å². The van der Waals surface area contributed by atoms with E-state index in [-0.39, 0.29) is 17.6 Å². The Kier molecular flexibility index (Phi) is 10.4. The molecule has 0 aromatic heterocycles. The molecule has 2 heterocycles. The summed E-state index contributed by atoms with van der Waals surface area (Å²) in [6.45, 7) is 10.6. The van der Waals surface area contributed by atoms with Gasteiger partial charge in [-0.2, -0.15) is 0 Å². The van der Waals surface area contributed by atoms with E-state index in [0.29, 0.717) is 30.1 Å². The third-order valence-electron chi connectivity index (χ3n) is 8.96. The molecule has 1 amide bonds. The van der Waals surface area contributed by atoms with E-state index in [1.54, 1.807) is 11.0 Å². The average Bonchev–Trinajstić information content (AvgIpc) is 3.56. The van der Waals surface area contributed by atoms with Gasteiger partial charge in [0.25, 0.3) is 5.91 Å². The minimum atomic E-state index is -3.72. The van der Waals surface area contributed by atoms with Crippen LogP contribution in [0.25, 0.3) is 0 Å². The van der Waals surface area contributed by atoms with Gasteiger partial charge in [0.15, 0.2) is 9.84 Å². The third-order valence-corrected chi connectivity index (χ3v) is 10.7. The zero-order valence-electron chi connectivity index (χ0n) is 25.7. The van der Waals surface area contributed by atoms with Gasteiger partial charge in [0.2, 0.25) is 0 Å². The summed E-state index contributed by atoms with van der Waals surface area (Å²) in [5.74, 6) is -0.142. The molecule has 230 valence electrons. The summed E-state index contributed by atoms with van der Waals surface area (Å²) >= 11 is 0. The van der Waals surface area contributed by atoms with Gasteiger partial charge in [-0.25, -0.2) is 8.42 Å². The Morgan fingerprint density at radius 1 is 0.884 bits per heavy atom. The zero-order valence-corrected chi connectivity index (χ0v) is 26.5. The maximum atomic E-state index is 14.2. The number of nitrogens with one attached hydrogen (secondary N) is 1. The normalized spacial score (nSPS) is 16.4. The molecule has 0 aliphatic carbocycles. The predicted molar refractivity (Wildman–Crippen MR) is 176 cm³/mol. The van der Waals surface area contributed by atoms with E-state index in [9.17, 15) is 13.2 Å². The summed E-state index contributed by atoms with van der Waals surface area (Å²) < 4.78 is 28.3. The Hall–Kier alpha value is -3.36. The first kappa shape index (κ1) is 31.1. The Morgan fingerprint density at radius 2 is 1.51 bits per heavy atom. The first-order valence-electron chi connectivity index (χ1n) is 15.9. The Labute approximate surface area is 257 Å². The van der Waals surface area contributed by atoms with Crippen LogP contribution < -0.4 is 10.2 Å². The second-order valence-corrected chi connectivity index (χ2v) is 13.7. The number of benzene rings is 3. The highest BCUT2D eigenvalue weighted by Gasteiger charge is 2.31. The van der Waals surface area contributed by atoms with E-state index in [2.05, 4.69) is 39.4 Å². The van der Waals surface area contributed by atoms with Crippen LogP contribution in [-0.4, -0.2) is 76.5 Å². The van der Waals surface area contributed by atoms with Crippen molar-refractivity contribution in [3.05, 3.63) is 89.5 Å². The standard InChI is InChI=1S/C35H46N4O3S/c1-3-38(4-2)35(40)32-26-34(43(41,42)27-28-13-7-5-8-14-28)31(25-33(32)36-19-24-37-20-11-12-21-37)29-17-22-39(23-18-29)30-15-9-6-10-16-30/h5-10,13-16,25-26,29,36H,3-4,11-12,17-24,27H2,1-2H3. The van der Waals surface area contributed by atoms with Gasteiger partial charge in [0.05, 0.1) is 16.2 Å². The van der Waals surface area contributed by atoms with Crippen molar-refractivity contribution in [3.63, 3.8) is 0 Å². The highest BCUT2D eigenvalue weighted by Crippen LogP contribution is 2.38. The number of hydrogen-bond donors (Lipinski definition) is 1. The summed E-state index contributed by atoms with van der Waals surface area (Å²) in [5.41, 5.74) is 3.97. The molecule has 2 saturated heterocycles. The molecule has 0 atom stereocenters. The second kappa shape index (κ2) is 14.4. The highest BCUT2D eigenvalue weighted by molar-refractivity contribution is 7.90. The van der Waals surface area contributed by atoms with Crippen molar-refractivity contribution >= 4 is 27.1 Å². The number of rotatable bonds is 12. The number of para-hydroxylation sites is 1. The lowest BCUT2D eigenvalue weighted by Crippen LogP contribution is -2.34. The molecule has 3 aromatic carbocycles. The Bertz CT molecular complexity index is 1450. The van der Waals surface area contributed by atoms with E-state index in [1.807, 2.05) is 56.3 Å². The van der Waals surface area contributed by atoms with Gasteiger partial charge in [0, 0.05) is 50.6 Å². The molecular weight excluding hydrogens is 556 g/mol. The van der Waals surface area contributed by atoms with Gasteiger partial charge in [-0.15, -0.1) is 0 Å². The van der Waals surface area contributed by atoms with Gasteiger partial charge >= 0.3 is 0 Å². The number of nitrogens with zero attached hydrogens (tertiary/aromatic N) is 3. The first-order valence-corrected chi connectivity index (χ1v) is 17.5. The van der Waals surface area contributed by atoms with Crippen LogP contribution in [0, 0.1) is 0 Å². The van der Waals surface area contributed by atoms with Gasteiger partial charge < -0.3 is 20.0 Å². The lowest BCUT2D eigenvalue weighted by molar-refractivity contribution is 0.0773. The zero-order chi connectivity index (χ0) is 30.2. The van der Waals surface area contributed by atoms with E-state index < -0.39 is 9.84 Å². The molecule has 7 nitrogen and oxygen atoms in total. The molecule has 2 fully saturated rings. The monoisotopic (exact) mass is 602 g/mol. The largest absolute Gasteiger partial charge is 0.383 e. The molecule has 0 radical (unpaired) electrons. The van der Waals surface area contributed by atoms with Crippen molar-refractivity contribution in [1.82, 2.24) is 9.80 Å². The number of likely N-dealkylation sites (tertiary alicyclic amines) is 1. The molecule has 0 spiro atoms. The number of carbonyl (C=O) groups excluding carboxylic acids is 1. The average molecular weight is 603 g/mol. The lowest BCUT2D eigenvalue weighted by Gasteiger charge is -2.35. The fraction of sp³-hybridized carbons (Fsp3) is 0.457. The smallest absolute Gasteiger partial charge is 0.255 e. The number of anilines is 2. The minimum Gasteiger partial charge on any atom is -0.383 e. The number of carbonyl (C=O) groups is 1. The summed E-state index contributed by atoms with van der Waals surface area (Å²) in [5, 5.41) is 3.57. The maximum absolute atomic E-state index is 14.2. The van der Waals surface area contributed by atoms with Crippen LogP contribution in [0.5, 0.6) is 0 Å². The minimum absolute atomic E-state index is 0.0808. The Balaban J connectivity index is 1.52. The summed E-state index contributed by atoms with van der Waals surface area (Å²) in [7, 11) is -3.72. The van der Waals surface area contributed by atoms with Crippen LogP contribution in [0.15, 0.2) is 77.7 Å². The van der Waals surface area contributed by atoms with Crippen LogP contribution in [0.1, 0.15) is 66.9 Å². The number of amides is 1. The molecule has 43 heavy (non-hydrogen) atoms. The summed E-state index contributed by atoms with van der Waals surface area (Å²) in [6, 6.07) is 23.4. The van der Waals surface area contributed by atoms with Crippen molar-refractivity contribution in [2.75, 3.05) is 62.6 Å². The van der Waals surface area contributed by atoms with E-state index in [1.165, 1.54) is 18.5 Å². The third kappa shape index (κ3) is 7.60. The van der Waals surface area contributed by atoms with E-state index in [0.717, 1.165) is 62.4 Å². The van der Waals surface area contributed by atoms with E-state index in [4.69, 9.17) is 0 Å². The number of sulfone groups is 1. The molecule has 0 saturated carbocycles. The number of hydrogen-bond acceptors (Lipinski definition) is 6. The molecule has 5 rings (SSSR count). The topological polar surface area (TPSA) is 73.0 Å². The van der Waals surface area contributed by atoms with Crippen molar-refractivity contribution in [3.8, 4) is 0 Å². The van der Waals surface area contributed by atoms with E-state index >= 15 is 0 Å². The van der Waals surface area contributed by atoms with Crippen LogP contribution in [0.2, 0.25) is 0 Å². The molecule has 0 bridgehead atoms. The molecule has 2 aliphatic heterocycles.